The predicted octanol–water partition coefficient (Wildman–Crippen LogP) is 4.13. The molecule has 0 fully saturated rings. The van der Waals surface area contributed by atoms with Crippen molar-refractivity contribution in [2.45, 2.75) is 40.2 Å². The minimum absolute atomic E-state index is 0.0295. The van der Waals surface area contributed by atoms with Crippen LogP contribution in [-0.2, 0) is 11.2 Å². The highest BCUT2D eigenvalue weighted by Crippen LogP contribution is 2.34. The van der Waals surface area contributed by atoms with E-state index in [-0.39, 0.29) is 17.9 Å². The molecular weight excluding hydrogens is 326 g/mol. The molecule has 2 aromatic rings. The molecule has 138 valence electrons. The molecule has 0 aromatic heterocycles. The number of ether oxygens (including phenoxy) is 2. The maximum atomic E-state index is 12.6. The molecule has 1 aliphatic rings. The Morgan fingerprint density at radius 2 is 1.73 bits per heavy atom. The van der Waals surface area contributed by atoms with Crippen molar-refractivity contribution in [3.8, 4) is 11.5 Å². The highest BCUT2D eigenvalue weighted by molar-refractivity contribution is 5.79. The van der Waals surface area contributed by atoms with Crippen LogP contribution in [0.25, 0.3) is 0 Å². The fourth-order valence-electron chi connectivity index (χ4n) is 3.21. The van der Waals surface area contributed by atoms with Crippen molar-refractivity contribution >= 4 is 5.91 Å². The first-order valence-electron chi connectivity index (χ1n) is 9.19. The first-order chi connectivity index (χ1) is 12.4. The van der Waals surface area contributed by atoms with Crippen molar-refractivity contribution < 1.29 is 14.3 Å². The summed E-state index contributed by atoms with van der Waals surface area (Å²) >= 11 is 0. The van der Waals surface area contributed by atoms with Gasteiger partial charge in [0.15, 0.2) is 11.5 Å². The fraction of sp³-hybridized carbons (Fsp3) is 0.409. The molecule has 0 radical (unpaired) electrons. The lowest BCUT2D eigenvalue weighted by atomic mass is 9.95. The van der Waals surface area contributed by atoms with Crippen LogP contribution < -0.4 is 14.8 Å². The molecule has 0 saturated carbocycles. The zero-order chi connectivity index (χ0) is 18.7. The highest BCUT2D eigenvalue weighted by Gasteiger charge is 2.21. The van der Waals surface area contributed by atoms with Gasteiger partial charge in [0.2, 0.25) is 5.91 Å². The second-order valence-corrected chi connectivity index (χ2v) is 7.29. The van der Waals surface area contributed by atoms with E-state index in [1.807, 2.05) is 24.3 Å². The Morgan fingerprint density at radius 1 is 1.00 bits per heavy atom. The van der Waals surface area contributed by atoms with Gasteiger partial charge in [0, 0.05) is 0 Å². The highest BCUT2D eigenvalue weighted by atomic mass is 16.6. The van der Waals surface area contributed by atoms with E-state index < -0.39 is 0 Å². The molecule has 4 heteroatoms. The summed E-state index contributed by atoms with van der Waals surface area (Å²) in [6, 6.07) is 12.0. The molecule has 0 saturated heterocycles. The predicted molar refractivity (Wildman–Crippen MR) is 103 cm³/mol. The van der Waals surface area contributed by atoms with Gasteiger partial charge in [0.25, 0.3) is 0 Å². The SMILES string of the molecule is Cc1ccc(CC(=O)N[C@H](c2ccc3c(c2)OCCO3)C(C)C)cc1C. The molecule has 0 aliphatic carbocycles. The van der Waals surface area contributed by atoms with Crippen LogP contribution in [0.5, 0.6) is 11.5 Å². The van der Waals surface area contributed by atoms with Crippen LogP contribution in [0.2, 0.25) is 0 Å². The molecule has 1 amide bonds. The molecule has 0 spiro atoms. The fourth-order valence-corrected chi connectivity index (χ4v) is 3.21. The van der Waals surface area contributed by atoms with E-state index in [1.54, 1.807) is 0 Å². The van der Waals surface area contributed by atoms with Crippen molar-refractivity contribution in [2.24, 2.45) is 5.92 Å². The minimum atomic E-state index is -0.0649. The van der Waals surface area contributed by atoms with Crippen LogP contribution in [0.1, 0.15) is 42.1 Å². The van der Waals surface area contributed by atoms with Crippen LogP contribution in [0.4, 0.5) is 0 Å². The normalized spacial score (nSPS) is 14.2. The molecule has 4 nitrogen and oxygen atoms in total. The monoisotopic (exact) mass is 353 g/mol. The maximum absolute atomic E-state index is 12.6. The molecule has 1 heterocycles. The number of nitrogens with one attached hydrogen (secondary N) is 1. The lowest BCUT2D eigenvalue weighted by Gasteiger charge is -2.25. The molecule has 3 rings (SSSR count). The van der Waals surface area contributed by atoms with Gasteiger partial charge in [-0.2, -0.15) is 0 Å². The van der Waals surface area contributed by atoms with E-state index in [1.165, 1.54) is 11.1 Å². The lowest BCUT2D eigenvalue weighted by molar-refractivity contribution is -0.121. The third-order valence-corrected chi connectivity index (χ3v) is 4.84. The summed E-state index contributed by atoms with van der Waals surface area (Å²) in [5, 5.41) is 3.19. The van der Waals surface area contributed by atoms with Crippen molar-refractivity contribution in [3.63, 3.8) is 0 Å². The van der Waals surface area contributed by atoms with E-state index in [2.05, 4.69) is 45.1 Å². The average Bonchev–Trinajstić information content (AvgIpc) is 2.62. The third kappa shape index (κ3) is 4.18. The van der Waals surface area contributed by atoms with Crippen LogP contribution in [-0.4, -0.2) is 19.1 Å². The molecule has 2 aromatic carbocycles. The lowest BCUT2D eigenvalue weighted by Crippen LogP contribution is -2.33. The quantitative estimate of drug-likeness (QED) is 0.879. The summed E-state index contributed by atoms with van der Waals surface area (Å²) in [7, 11) is 0. The van der Waals surface area contributed by atoms with Crippen LogP contribution in [0.3, 0.4) is 0 Å². The Kier molecular flexibility index (Phi) is 5.50. The van der Waals surface area contributed by atoms with E-state index >= 15 is 0 Å². The Morgan fingerprint density at radius 3 is 2.42 bits per heavy atom. The zero-order valence-corrected chi connectivity index (χ0v) is 16.0. The summed E-state index contributed by atoms with van der Waals surface area (Å²) in [6.07, 6.45) is 0.384. The third-order valence-electron chi connectivity index (χ3n) is 4.84. The number of hydrogen-bond acceptors (Lipinski definition) is 3. The van der Waals surface area contributed by atoms with Gasteiger partial charge in [-0.25, -0.2) is 0 Å². The number of carbonyl (C=O) groups excluding carboxylic acids is 1. The molecule has 0 bridgehead atoms. The molecular formula is C22H27NO3. The van der Waals surface area contributed by atoms with Crippen LogP contribution in [0.15, 0.2) is 36.4 Å². The Hall–Kier alpha value is -2.49. The Balaban J connectivity index is 1.73. The smallest absolute Gasteiger partial charge is 0.224 e. The van der Waals surface area contributed by atoms with Gasteiger partial charge in [0.05, 0.1) is 12.5 Å². The number of rotatable bonds is 5. The van der Waals surface area contributed by atoms with Crippen molar-refractivity contribution in [1.82, 2.24) is 5.32 Å². The summed E-state index contributed by atoms with van der Waals surface area (Å²) in [6.45, 7) is 9.50. The largest absolute Gasteiger partial charge is 0.486 e. The summed E-state index contributed by atoms with van der Waals surface area (Å²) < 4.78 is 11.3. The first kappa shape index (κ1) is 18.3. The summed E-state index contributed by atoms with van der Waals surface area (Å²) in [5.74, 6) is 1.81. The standard InChI is InChI=1S/C22H27NO3/c1-14(2)22(18-7-8-19-20(13-18)26-10-9-25-19)23-21(24)12-17-6-5-15(3)16(4)11-17/h5-8,11,13-14,22H,9-10,12H2,1-4H3,(H,23,24)/t22-/m0/s1. The molecule has 1 atom stereocenters. The number of benzene rings is 2. The average molecular weight is 353 g/mol. The van der Waals surface area contributed by atoms with E-state index in [0.29, 0.717) is 19.6 Å². The van der Waals surface area contributed by atoms with E-state index in [0.717, 1.165) is 22.6 Å². The number of hydrogen-bond donors (Lipinski definition) is 1. The van der Waals surface area contributed by atoms with Gasteiger partial charge in [0.1, 0.15) is 13.2 Å². The molecule has 26 heavy (non-hydrogen) atoms. The molecule has 1 aliphatic heterocycles. The van der Waals surface area contributed by atoms with Crippen molar-refractivity contribution in [2.75, 3.05) is 13.2 Å². The summed E-state index contributed by atoms with van der Waals surface area (Å²) in [5.41, 5.74) is 4.53. The van der Waals surface area contributed by atoms with Gasteiger partial charge in [-0.1, -0.05) is 38.1 Å². The number of fused-ring (bicyclic) bond motifs is 1. The molecule has 1 N–H and O–H groups in total. The van der Waals surface area contributed by atoms with Gasteiger partial charge >= 0.3 is 0 Å². The Bertz CT molecular complexity index is 798. The summed E-state index contributed by atoms with van der Waals surface area (Å²) in [4.78, 5) is 12.6. The van der Waals surface area contributed by atoms with Gasteiger partial charge in [-0.05, 0) is 54.2 Å². The number of aryl methyl sites for hydroxylation is 2. The van der Waals surface area contributed by atoms with E-state index in [9.17, 15) is 4.79 Å². The van der Waals surface area contributed by atoms with Crippen molar-refractivity contribution in [1.29, 1.82) is 0 Å². The number of carbonyl (C=O) groups is 1. The minimum Gasteiger partial charge on any atom is -0.486 e. The second kappa shape index (κ2) is 7.81. The topological polar surface area (TPSA) is 47.6 Å². The van der Waals surface area contributed by atoms with E-state index in [4.69, 9.17) is 9.47 Å². The first-order valence-corrected chi connectivity index (χ1v) is 9.19. The van der Waals surface area contributed by atoms with Gasteiger partial charge in [-0.15, -0.1) is 0 Å². The van der Waals surface area contributed by atoms with Gasteiger partial charge in [-0.3, -0.25) is 4.79 Å². The Labute approximate surface area is 155 Å². The van der Waals surface area contributed by atoms with Crippen LogP contribution >= 0.6 is 0 Å². The molecule has 0 unspecified atom stereocenters. The second-order valence-electron chi connectivity index (χ2n) is 7.29. The maximum Gasteiger partial charge on any atom is 0.224 e. The zero-order valence-electron chi connectivity index (χ0n) is 16.0. The van der Waals surface area contributed by atoms with Crippen LogP contribution in [0, 0.1) is 19.8 Å². The van der Waals surface area contributed by atoms with Crippen molar-refractivity contribution in [3.05, 3.63) is 58.7 Å². The van der Waals surface area contributed by atoms with Gasteiger partial charge < -0.3 is 14.8 Å². The number of amides is 1.